The molecule has 1 N–H and O–H groups in total. The van der Waals surface area contributed by atoms with Gasteiger partial charge in [0.15, 0.2) is 0 Å². The molecule has 0 spiro atoms. The van der Waals surface area contributed by atoms with Crippen LogP contribution in [0.25, 0.3) is 0 Å². The molecule has 1 saturated heterocycles. The number of piperidine rings is 1. The molecule has 1 fully saturated rings. The molecule has 0 aliphatic carbocycles. The third kappa shape index (κ3) is 3.12. The molecule has 112 valence electrons. The standard InChI is InChI=1S/C14H23N3O2S/c1-3-12-6-9-17(10-7-12)20(18,19)14-11-15-8-5-13(14)16-4-2/h5,8,11-12H,3-4,6-7,9-10H2,1-2H3,(H,15,16). The molecule has 20 heavy (non-hydrogen) atoms. The van der Waals surface area contributed by atoms with Crippen molar-refractivity contribution in [1.82, 2.24) is 9.29 Å². The van der Waals surface area contributed by atoms with Crippen LogP contribution < -0.4 is 5.32 Å². The molecule has 1 aliphatic rings. The van der Waals surface area contributed by atoms with Gasteiger partial charge in [-0.1, -0.05) is 13.3 Å². The number of nitrogens with zero attached hydrogens (tertiary/aromatic N) is 2. The molecule has 1 aromatic heterocycles. The largest absolute Gasteiger partial charge is 0.384 e. The van der Waals surface area contributed by atoms with Gasteiger partial charge < -0.3 is 5.32 Å². The second kappa shape index (κ2) is 6.54. The minimum absolute atomic E-state index is 0.289. The Morgan fingerprint density at radius 1 is 1.35 bits per heavy atom. The SMILES string of the molecule is CCNc1ccncc1S(=O)(=O)N1CCC(CC)CC1. The van der Waals surface area contributed by atoms with Gasteiger partial charge in [-0.05, 0) is 31.7 Å². The molecule has 0 aromatic carbocycles. The summed E-state index contributed by atoms with van der Waals surface area (Å²) in [5.74, 6) is 0.656. The first-order valence-corrected chi connectivity index (χ1v) is 8.71. The van der Waals surface area contributed by atoms with E-state index in [1.807, 2.05) is 6.92 Å². The molecule has 2 heterocycles. The second-order valence-electron chi connectivity index (χ2n) is 5.16. The smallest absolute Gasteiger partial charge is 0.246 e. The molecule has 5 nitrogen and oxygen atoms in total. The number of hydrogen-bond donors (Lipinski definition) is 1. The van der Waals surface area contributed by atoms with E-state index in [-0.39, 0.29) is 4.90 Å². The van der Waals surface area contributed by atoms with Crippen LogP contribution in [0.3, 0.4) is 0 Å². The maximum atomic E-state index is 12.7. The van der Waals surface area contributed by atoms with Crippen molar-refractivity contribution in [2.24, 2.45) is 5.92 Å². The first-order chi connectivity index (χ1) is 9.59. The molecule has 0 bridgehead atoms. The van der Waals surface area contributed by atoms with E-state index in [0.717, 1.165) is 19.3 Å². The first-order valence-electron chi connectivity index (χ1n) is 7.27. The summed E-state index contributed by atoms with van der Waals surface area (Å²) in [6.07, 6.45) is 6.09. The zero-order valence-electron chi connectivity index (χ0n) is 12.2. The topological polar surface area (TPSA) is 62.3 Å². The molecule has 2 rings (SSSR count). The van der Waals surface area contributed by atoms with Crippen LogP contribution in [-0.2, 0) is 10.0 Å². The summed E-state index contributed by atoms with van der Waals surface area (Å²) in [6, 6.07) is 1.72. The first kappa shape index (κ1) is 15.3. The van der Waals surface area contributed by atoms with Gasteiger partial charge in [-0.2, -0.15) is 4.31 Å². The highest BCUT2D eigenvalue weighted by Gasteiger charge is 2.30. The van der Waals surface area contributed by atoms with Crippen molar-refractivity contribution in [1.29, 1.82) is 0 Å². The van der Waals surface area contributed by atoms with Crippen molar-refractivity contribution in [3.63, 3.8) is 0 Å². The van der Waals surface area contributed by atoms with Gasteiger partial charge in [-0.3, -0.25) is 4.98 Å². The third-order valence-corrected chi connectivity index (χ3v) is 5.85. The molecular weight excluding hydrogens is 274 g/mol. The quantitative estimate of drug-likeness (QED) is 0.906. The number of anilines is 1. The molecule has 6 heteroatoms. The predicted molar refractivity (Wildman–Crippen MR) is 80.2 cm³/mol. The average molecular weight is 297 g/mol. The van der Waals surface area contributed by atoms with Crippen molar-refractivity contribution < 1.29 is 8.42 Å². The second-order valence-corrected chi connectivity index (χ2v) is 7.06. The van der Waals surface area contributed by atoms with Crippen molar-refractivity contribution in [3.8, 4) is 0 Å². The van der Waals surface area contributed by atoms with Crippen LogP contribution in [0.5, 0.6) is 0 Å². The van der Waals surface area contributed by atoms with Crippen molar-refractivity contribution in [3.05, 3.63) is 18.5 Å². The Kier molecular flexibility index (Phi) is 4.99. The monoisotopic (exact) mass is 297 g/mol. The minimum atomic E-state index is -3.44. The fourth-order valence-corrected chi connectivity index (χ4v) is 4.20. The van der Waals surface area contributed by atoms with Crippen LogP contribution in [0.4, 0.5) is 5.69 Å². The lowest BCUT2D eigenvalue weighted by atomic mass is 9.96. The average Bonchev–Trinajstić information content (AvgIpc) is 2.48. The van der Waals surface area contributed by atoms with E-state index >= 15 is 0 Å². The van der Waals surface area contributed by atoms with E-state index in [1.165, 1.54) is 6.20 Å². The predicted octanol–water partition coefficient (Wildman–Crippen LogP) is 2.32. The van der Waals surface area contributed by atoms with Crippen LogP contribution in [-0.4, -0.2) is 37.3 Å². The molecule has 0 amide bonds. The highest BCUT2D eigenvalue weighted by Crippen LogP contribution is 2.28. The van der Waals surface area contributed by atoms with Crippen LogP contribution >= 0.6 is 0 Å². The lowest BCUT2D eigenvalue weighted by Gasteiger charge is -2.31. The van der Waals surface area contributed by atoms with E-state index in [1.54, 1.807) is 16.6 Å². The number of pyridine rings is 1. The highest BCUT2D eigenvalue weighted by molar-refractivity contribution is 7.89. The summed E-state index contributed by atoms with van der Waals surface area (Å²) in [6.45, 7) is 6.02. The van der Waals surface area contributed by atoms with E-state index in [0.29, 0.717) is 31.2 Å². The maximum absolute atomic E-state index is 12.7. The Morgan fingerprint density at radius 2 is 2.05 bits per heavy atom. The summed E-state index contributed by atoms with van der Waals surface area (Å²) in [5, 5.41) is 3.10. The molecule has 1 aliphatic heterocycles. The van der Waals surface area contributed by atoms with Gasteiger partial charge in [0.25, 0.3) is 0 Å². The molecule has 0 unspecified atom stereocenters. The van der Waals surface area contributed by atoms with Gasteiger partial charge in [0.05, 0.1) is 5.69 Å². The van der Waals surface area contributed by atoms with Gasteiger partial charge in [-0.15, -0.1) is 0 Å². The Labute approximate surface area is 121 Å². The van der Waals surface area contributed by atoms with Crippen LogP contribution in [0.15, 0.2) is 23.4 Å². The Bertz CT molecular complexity index is 537. The summed E-state index contributed by atoms with van der Waals surface area (Å²) in [4.78, 5) is 4.26. The van der Waals surface area contributed by atoms with Crippen molar-refractivity contribution in [2.45, 2.75) is 38.0 Å². The van der Waals surface area contributed by atoms with Gasteiger partial charge in [0.2, 0.25) is 10.0 Å². The van der Waals surface area contributed by atoms with E-state index < -0.39 is 10.0 Å². The summed E-state index contributed by atoms with van der Waals surface area (Å²) >= 11 is 0. The number of nitrogens with one attached hydrogen (secondary N) is 1. The molecule has 0 atom stereocenters. The van der Waals surface area contributed by atoms with E-state index in [4.69, 9.17) is 0 Å². The van der Waals surface area contributed by atoms with Gasteiger partial charge >= 0.3 is 0 Å². The van der Waals surface area contributed by atoms with Gasteiger partial charge in [0, 0.05) is 32.0 Å². The Morgan fingerprint density at radius 3 is 2.65 bits per heavy atom. The molecule has 0 saturated carbocycles. The van der Waals surface area contributed by atoms with Crippen molar-refractivity contribution >= 4 is 15.7 Å². The fourth-order valence-electron chi connectivity index (χ4n) is 2.62. The van der Waals surface area contributed by atoms with E-state index in [9.17, 15) is 8.42 Å². The van der Waals surface area contributed by atoms with Crippen LogP contribution in [0, 0.1) is 5.92 Å². The van der Waals surface area contributed by atoms with Gasteiger partial charge in [0.1, 0.15) is 4.90 Å². The summed E-state index contributed by atoms with van der Waals surface area (Å²) in [5.41, 5.74) is 0.639. The molecular formula is C14H23N3O2S. The summed E-state index contributed by atoms with van der Waals surface area (Å²) < 4.78 is 27.0. The van der Waals surface area contributed by atoms with Gasteiger partial charge in [-0.25, -0.2) is 8.42 Å². The molecule has 0 radical (unpaired) electrons. The number of hydrogen-bond acceptors (Lipinski definition) is 4. The van der Waals surface area contributed by atoms with Crippen molar-refractivity contribution in [2.75, 3.05) is 25.0 Å². The van der Waals surface area contributed by atoms with Crippen LogP contribution in [0.1, 0.15) is 33.1 Å². The number of sulfonamides is 1. The fraction of sp³-hybridized carbons (Fsp3) is 0.643. The summed E-state index contributed by atoms with van der Waals surface area (Å²) in [7, 11) is -3.44. The Balaban J connectivity index is 2.23. The lowest BCUT2D eigenvalue weighted by Crippen LogP contribution is -2.38. The number of aromatic nitrogens is 1. The number of rotatable bonds is 5. The zero-order valence-corrected chi connectivity index (χ0v) is 13.0. The zero-order chi connectivity index (χ0) is 14.6. The van der Waals surface area contributed by atoms with E-state index in [2.05, 4.69) is 17.2 Å². The highest BCUT2D eigenvalue weighted by atomic mass is 32.2. The maximum Gasteiger partial charge on any atom is 0.246 e. The normalized spacial score (nSPS) is 18.1. The Hall–Kier alpha value is -1.14. The molecule has 1 aromatic rings. The minimum Gasteiger partial charge on any atom is -0.384 e. The lowest BCUT2D eigenvalue weighted by molar-refractivity contribution is 0.269. The van der Waals surface area contributed by atoms with Crippen LogP contribution in [0.2, 0.25) is 0 Å². The third-order valence-electron chi connectivity index (χ3n) is 3.92.